The van der Waals surface area contributed by atoms with E-state index in [1.165, 1.54) is 25.3 Å². The van der Waals surface area contributed by atoms with Gasteiger partial charge in [0.2, 0.25) is 0 Å². The zero-order valence-corrected chi connectivity index (χ0v) is 11.3. The van der Waals surface area contributed by atoms with Crippen molar-refractivity contribution < 1.29 is 8.78 Å². The minimum atomic E-state index is -0.732. The van der Waals surface area contributed by atoms with Crippen LogP contribution in [0.25, 0.3) is 0 Å². The molecule has 1 aromatic carbocycles. The van der Waals surface area contributed by atoms with Crippen LogP contribution in [0, 0.1) is 29.4 Å². The van der Waals surface area contributed by atoms with Crippen LogP contribution in [-0.2, 0) is 0 Å². The molecule has 0 aromatic heterocycles. The molecule has 0 amide bonds. The van der Waals surface area contributed by atoms with Crippen LogP contribution in [0.3, 0.4) is 0 Å². The number of rotatable bonds is 5. The van der Waals surface area contributed by atoms with Gasteiger partial charge >= 0.3 is 0 Å². The molecule has 104 valence electrons. The highest BCUT2D eigenvalue weighted by Crippen LogP contribution is 2.57. The highest BCUT2D eigenvalue weighted by Gasteiger charge is 2.48. The maximum atomic E-state index is 14.0. The Kier molecular flexibility index (Phi) is 3.57. The van der Waals surface area contributed by atoms with E-state index in [-0.39, 0.29) is 6.04 Å². The van der Waals surface area contributed by atoms with Crippen LogP contribution >= 0.6 is 0 Å². The Labute approximate surface area is 113 Å². The minimum absolute atomic E-state index is 0.0246. The molecule has 0 bridgehead atoms. The van der Waals surface area contributed by atoms with Crippen LogP contribution in [0.4, 0.5) is 8.78 Å². The van der Waals surface area contributed by atoms with Gasteiger partial charge in [0.25, 0.3) is 0 Å². The summed E-state index contributed by atoms with van der Waals surface area (Å²) in [6, 6.07) is 4.52. The van der Waals surface area contributed by atoms with E-state index in [4.69, 9.17) is 0 Å². The van der Waals surface area contributed by atoms with Gasteiger partial charge in [0.1, 0.15) is 0 Å². The molecule has 2 saturated carbocycles. The summed E-state index contributed by atoms with van der Waals surface area (Å²) in [5, 5.41) is 3.43. The van der Waals surface area contributed by atoms with Gasteiger partial charge in [0.15, 0.2) is 11.6 Å². The van der Waals surface area contributed by atoms with Crippen LogP contribution < -0.4 is 5.32 Å². The third kappa shape index (κ3) is 2.53. The predicted molar refractivity (Wildman–Crippen MR) is 71.7 cm³/mol. The molecule has 0 spiro atoms. The smallest absolute Gasteiger partial charge is 0.163 e. The molecule has 3 atom stereocenters. The highest BCUT2D eigenvalue weighted by molar-refractivity contribution is 5.24. The van der Waals surface area contributed by atoms with E-state index in [2.05, 4.69) is 12.2 Å². The quantitative estimate of drug-likeness (QED) is 0.847. The van der Waals surface area contributed by atoms with E-state index < -0.39 is 11.6 Å². The van der Waals surface area contributed by atoms with Gasteiger partial charge in [-0.2, -0.15) is 0 Å². The summed E-state index contributed by atoms with van der Waals surface area (Å²) in [6.07, 6.45) is 4.69. The van der Waals surface area contributed by atoms with Crippen molar-refractivity contribution in [2.45, 2.75) is 38.6 Å². The maximum absolute atomic E-state index is 14.0. The summed E-state index contributed by atoms with van der Waals surface area (Å²) in [6.45, 7) is 2.95. The van der Waals surface area contributed by atoms with Gasteiger partial charge in [0, 0.05) is 11.6 Å². The summed E-state index contributed by atoms with van der Waals surface area (Å²) < 4.78 is 27.5. The zero-order chi connectivity index (χ0) is 13.4. The predicted octanol–water partition coefficient (Wildman–Crippen LogP) is 4.05. The van der Waals surface area contributed by atoms with Crippen molar-refractivity contribution in [1.82, 2.24) is 5.32 Å². The van der Waals surface area contributed by atoms with E-state index in [0.717, 1.165) is 24.8 Å². The third-order valence-corrected chi connectivity index (χ3v) is 4.68. The molecule has 0 saturated heterocycles. The third-order valence-electron chi connectivity index (χ3n) is 4.68. The molecule has 0 radical (unpaired) electrons. The molecule has 3 unspecified atom stereocenters. The highest BCUT2D eigenvalue weighted by atomic mass is 19.2. The Morgan fingerprint density at radius 1 is 1.21 bits per heavy atom. The van der Waals surface area contributed by atoms with E-state index in [0.29, 0.717) is 11.5 Å². The lowest BCUT2D eigenvalue weighted by molar-refractivity contribution is 0.329. The van der Waals surface area contributed by atoms with Crippen LogP contribution in [0.15, 0.2) is 18.2 Å². The summed E-state index contributed by atoms with van der Waals surface area (Å²) in [4.78, 5) is 0. The Hall–Kier alpha value is -0.960. The molecule has 1 nitrogen and oxygen atoms in total. The van der Waals surface area contributed by atoms with E-state index >= 15 is 0 Å². The first-order valence-electron chi connectivity index (χ1n) is 7.38. The molecule has 3 heteroatoms. The maximum Gasteiger partial charge on any atom is 0.163 e. The second-order valence-electron chi connectivity index (χ2n) is 6.06. The van der Waals surface area contributed by atoms with Gasteiger partial charge in [-0.15, -0.1) is 0 Å². The molecule has 3 rings (SSSR count). The average Bonchev–Trinajstić information content (AvgIpc) is 3.02. The van der Waals surface area contributed by atoms with Crippen LogP contribution in [0.1, 0.15) is 44.2 Å². The first-order chi connectivity index (χ1) is 9.20. The van der Waals surface area contributed by atoms with Gasteiger partial charge in [-0.3, -0.25) is 0 Å². The number of hydrogen-bond acceptors (Lipinski definition) is 1. The monoisotopic (exact) mass is 265 g/mol. The second kappa shape index (κ2) is 5.20. The van der Waals surface area contributed by atoms with Crippen molar-refractivity contribution in [2.75, 3.05) is 6.54 Å². The molecule has 2 aliphatic carbocycles. The normalized spacial score (nSPS) is 30.2. The first kappa shape index (κ1) is 13.0. The summed E-state index contributed by atoms with van der Waals surface area (Å²) in [5.41, 5.74) is 0.514. The molecule has 2 aliphatic rings. The lowest BCUT2D eigenvalue weighted by Gasteiger charge is -2.27. The van der Waals surface area contributed by atoms with Crippen molar-refractivity contribution in [3.8, 4) is 0 Å². The fourth-order valence-electron chi connectivity index (χ4n) is 3.62. The van der Waals surface area contributed by atoms with Crippen LogP contribution in [0.5, 0.6) is 0 Å². The second-order valence-corrected chi connectivity index (χ2v) is 6.06. The SMILES string of the molecule is CCCNC(c1cccc(F)c1F)C1CC2CC2C1. The number of halogens is 2. The topological polar surface area (TPSA) is 12.0 Å². The average molecular weight is 265 g/mol. The van der Waals surface area contributed by atoms with E-state index in [1.54, 1.807) is 12.1 Å². The number of nitrogens with one attached hydrogen (secondary N) is 1. The Morgan fingerprint density at radius 3 is 2.63 bits per heavy atom. The standard InChI is InChI=1S/C16H21F2N/c1-2-6-19-16(12-8-10-7-11(10)9-12)13-4-3-5-14(17)15(13)18/h3-5,10-12,16,19H,2,6-9H2,1H3. The molecule has 1 N–H and O–H groups in total. The number of fused-ring (bicyclic) bond motifs is 1. The minimum Gasteiger partial charge on any atom is -0.310 e. The van der Waals surface area contributed by atoms with Gasteiger partial charge in [-0.25, -0.2) is 8.78 Å². The summed E-state index contributed by atoms with van der Waals surface area (Å²) in [7, 11) is 0. The van der Waals surface area contributed by atoms with Crippen LogP contribution in [-0.4, -0.2) is 6.54 Å². The van der Waals surface area contributed by atoms with Gasteiger partial charge in [0.05, 0.1) is 0 Å². The molecule has 0 heterocycles. The molecular formula is C16H21F2N. The molecular weight excluding hydrogens is 244 g/mol. The van der Waals surface area contributed by atoms with Crippen molar-refractivity contribution in [3.05, 3.63) is 35.4 Å². The van der Waals surface area contributed by atoms with E-state index in [1.807, 2.05) is 0 Å². The van der Waals surface area contributed by atoms with Gasteiger partial charge in [-0.1, -0.05) is 19.1 Å². The van der Waals surface area contributed by atoms with Gasteiger partial charge < -0.3 is 5.32 Å². The van der Waals surface area contributed by atoms with E-state index in [9.17, 15) is 8.78 Å². The molecule has 2 fully saturated rings. The Balaban J connectivity index is 1.83. The first-order valence-corrected chi connectivity index (χ1v) is 7.38. The summed E-state index contributed by atoms with van der Waals surface area (Å²) in [5.74, 6) is 0.771. The number of hydrogen-bond donors (Lipinski definition) is 1. The Morgan fingerprint density at radius 2 is 1.95 bits per heavy atom. The summed E-state index contributed by atoms with van der Waals surface area (Å²) >= 11 is 0. The van der Waals surface area contributed by atoms with Crippen molar-refractivity contribution >= 4 is 0 Å². The number of benzene rings is 1. The molecule has 1 aromatic rings. The van der Waals surface area contributed by atoms with Crippen LogP contribution in [0.2, 0.25) is 0 Å². The lowest BCUT2D eigenvalue weighted by atomic mass is 9.88. The van der Waals surface area contributed by atoms with Crippen molar-refractivity contribution in [1.29, 1.82) is 0 Å². The largest absolute Gasteiger partial charge is 0.310 e. The molecule has 19 heavy (non-hydrogen) atoms. The van der Waals surface area contributed by atoms with Crippen molar-refractivity contribution in [3.63, 3.8) is 0 Å². The fourth-order valence-corrected chi connectivity index (χ4v) is 3.62. The molecule has 0 aliphatic heterocycles. The lowest BCUT2D eigenvalue weighted by Crippen LogP contribution is -2.29. The van der Waals surface area contributed by atoms with Crippen molar-refractivity contribution in [2.24, 2.45) is 17.8 Å². The fraction of sp³-hybridized carbons (Fsp3) is 0.625. The van der Waals surface area contributed by atoms with Gasteiger partial charge in [-0.05, 0) is 56.0 Å². The Bertz CT molecular complexity index is 450. The zero-order valence-electron chi connectivity index (χ0n) is 11.3.